The van der Waals surface area contributed by atoms with E-state index in [1.54, 1.807) is 34.6 Å². The first-order valence-corrected chi connectivity index (χ1v) is 4.54. The summed E-state index contributed by atoms with van der Waals surface area (Å²) in [5, 5.41) is 9.24. The first-order valence-electron chi connectivity index (χ1n) is 4.54. The Kier molecular flexibility index (Phi) is 4.15. The van der Waals surface area contributed by atoms with Crippen LogP contribution in [0, 0.1) is 11.8 Å². The fourth-order valence-electron chi connectivity index (χ4n) is 0.710. The van der Waals surface area contributed by atoms with Crippen LogP contribution in [-0.2, 0) is 9.53 Å². The molecule has 3 nitrogen and oxygen atoms in total. The lowest BCUT2D eigenvalue weighted by Gasteiger charge is -2.18. The largest absolute Gasteiger partial charge is 0.459 e. The number of hydrogen-bond donors (Lipinski definition) is 1. The summed E-state index contributed by atoms with van der Waals surface area (Å²) < 4.78 is 5.03. The van der Waals surface area contributed by atoms with Crippen LogP contribution in [0.2, 0.25) is 0 Å². The van der Waals surface area contributed by atoms with Crippen molar-refractivity contribution in [2.75, 3.05) is 0 Å². The fraction of sp³-hybridized carbons (Fsp3) is 0.727. The maximum Gasteiger partial charge on any atom is 0.318 e. The lowest BCUT2D eigenvalue weighted by atomic mass is 10.1. The zero-order chi connectivity index (χ0) is 11.4. The molecule has 0 spiro atoms. The van der Waals surface area contributed by atoms with Gasteiger partial charge in [0.15, 0.2) is 0 Å². The van der Waals surface area contributed by atoms with Crippen LogP contribution in [-0.4, -0.2) is 22.3 Å². The predicted octanol–water partition coefficient (Wildman–Crippen LogP) is 1.49. The van der Waals surface area contributed by atoms with Gasteiger partial charge >= 0.3 is 5.97 Å². The number of aliphatic hydroxyl groups is 1. The van der Waals surface area contributed by atoms with Gasteiger partial charge in [0.05, 0.1) is 0 Å². The highest BCUT2D eigenvalue weighted by molar-refractivity contribution is 5.72. The Balaban J connectivity index is 4.03. The van der Waals surface area contributed by atoms with E-state index >= 15 is 0 Å². The Hall–Kier alpha value is -1.01. The van der Waals surface area contributed by atoms with E-state index in [2.05, 4.69) is 11.8 Å². The summed E-state index contributed by atoms with van der Waals surface area (Å²) in [5.74, 6) is 4.75. The van der Waals surface area contributed by atoms with Gasteiger partial charge in [-0.25, -0.2) is 0 Å². The Morgan fingerprint density at radius 2 is 1.79 bits per heavy atom. The highest BCUT2D eigenvalue weighted by Gasteiger charge is 2.15. The molecule has 0 aromatic carbocycles. The molecule has 0 fully saturated rings. The molecule has 3 heteroatoms. The highest BCUT2D eigenvalue weighted by atomic mass is 16.6. The van der Waals surface area contributed by atoms with Crippen molar-refractivity contribution < 1.29 is 14.6 Å². The molecule has 0 amide bonds. The molecule has 0 aliphatic rings. The van der Waals surface area contributed by atoms with Crippen LogP contribution in [0.4, 0.5) is 0 Å². The fourth-order valence-corrected chi connectivity index (χ4v) is 0.710. The minimum Gasteiger partial charge on any atom is -0.459 e. The quantitative estimate of drug-likeness (QED) is 0.513. The molecule has 0 radical (unpaired) electrons. The van der Waals surface area contributed by atoms with Crippen LogP contribution in [0.5, 0.6) is 0 Å². The molecule has 0 atom stereocenters. The maximum atomic E-state index is 11.1. The summed E-state index contributed by atoms with van der Waals surface area (Å²) in [5.41, 5.74) is -1.53. The number of carbonyl (C=O) groups excluding carboxylic acids is 1. The molecule has 0 aliphatic heterocycles. The summed E-state index contributed by atoms with van der Waals surface area (Å²) in [4.78, 5) is 11.1. The van der Waals surface area contributed by atoms with Gasteiger partial charge in [-0.2, -0.15) is 0 Å². The molecule has 14 heavy (non-hydrogen) atoms. The van der Waals surface area contributed by atoms with Crippen molar-refractivity contribution in [3.8, 4) is 11.8 Å². The van der Waals surface area contributed by atoms with Gasteiger partial charge in [0, 0.05) is 0 Å². The van der Waals surface area contributed by atoms with E-state index in [0.29, 0.717) is 0 Å². The third-order valence-electron chi connectivity index (χ3n) is 1.05. The smallest absolute Gasteiger partial charge is 0.318 e. The van der Waals surface area contributed by atoms with Gasteiger partial charge in [-0.15, -0.1) is 0 Å². The molecule has 0 unspecified atom stereocenters. The van der Waals surface area contributed by atoms with Crippen molar-refractivity contribution >= 4 is 5.97 Å². The van der Waals surface area contributed by atoms with E-state index in [1.807, 2.05) is 0 Å². The Bertz CT molecular complexity index is 255. The number of rotatable bonds is 1. The second-order valence-corrected chi connectivity index (χ2v) is 4.62. The summed E-state index contributed by atoms with van der Waals surface area (Å²) in [6, 6.07) is 0. The molecule has 80 valence electrons. The van der Waals surface area contributed by atoms with E-state index in [0.717, 1.165) is 0 Å². The summed E-state index contributed by atoms with van der Waals surface area (Å²) >= 11 is 0. The first kappa shape index (κ1) is 13.0. The molecule has 0 saturated heterocycles. The second kappa shape index (κ2) is 4.47. The van der Waals surface area contributed by atoms with Gasteiger partial charge in [0.1, 0.15) is 17.6 Å². The highest BCUT2D eigenvalue weighted by Crippen LogP contribution is 2.07. The van der Waals surface area contributed by atoms with Crippen molar-refractivity contribution in [3.05, 3.63) is 0 Å². The third-order valence-corrected chi connectivity index (χ3v) is 1.05. The van der Waals surface area contributed by atoms with Gasteiger partial charge in [-0.3, -0.25) is 4.79 Å². The van der Waals surface area contributed by atoms with Gasteiger partial charge in [0.2, 0.25) is 0 Å². The standard InChI is InChI=1S/C11H18O3/c1-10(2,3)14-9(12)7-6-8-11(4,5)13/h13H,7H2,1-5H3. The van der Waals surface area contributed by atoms with Gasteiger partial charge in [-0.1, -0.05) is 11.8 Å². The molecule has 0 aliphatic carbocycles. The number of hydrogen-bond acceptors (Lipinski definition) is 3. The number of ether oxygens (including phenoxy) is 1. The molecular formula is C11H18O3. The van der Waals surface area contributed by atoms with E-state index in [1.165, 1.54) is 0 Å². The van der Waals surface area contributed by atoms with Crippen LogP contribution in [0.25, 0.3) is 0 Å². The topological polar surface area (TPSA) is 46.5 Å². The van der Waals surface area contributed by atoms with Crippen LogP contribution in [0.1, 0.15) is 41.0 Å². The van der Waals surface area contributed by atoms with Crippen molar-refractivity contribution in [2.24, 2.45) is 0 Å². The minimum atomic E-state index is -1.05. The van der Waals surface area contributed by atoms with E-state index in [9.17, 15) is 9.90 Å². The summed E-state index contributed by atoms with van der Waals surface area (Å²) in [6.45, 7) is 8.53. The zero-order valence-corrected chi connectivity index (χ0v) is 9.47. The Morgan fingerprint density at radius 1 is 1.29 bits per heavy atom. The first-order chi connectivity index (χ1) is 6.10. The molecule has 0 heterocycles. The van der Waals surface area contributed by atoms with E-state index in [4.69, 9.17) is 4.74 Å². The van der Waals surface area contributed by atoms with E-state index in [-0.39, 0.29) is 12.4 Å². The van der Waals surface area contributed by atoms with Gasteiger partial charge in [-0.05, 0) is 34.6 Å². The minimum absolute atomic E-state index is 0.0151. The average molecular weight is 198 g/mol. The molecule has 0 aromatic rings. The van der Waals surface area contributed by atoms with Crippen molar-refractivity contribution in [3.63, 3.8) is 0 Å². The third kappa shape index (κ3) is 9.08. The average Bonchev–Trinajstić information content (AvgIpc) is 1.78. The predicted molar refractivity (Wildman–Crippen MR) is 54.5 cm³/mol. The van der Waals surface area contributed by atoms with Crippen LogP contribution in [0.15, 0.2) is 0 Å². The van der Waals surface area contributed by atoms with E-state index < -0.39 is 11.2 Å². The molecule has 0 aromatic heterocycles. The normalized spacial score (nSPS) is 11.6. The zero-order valence-electron chi connectivity index (χ0n) is 9.47. The van der Waals surface area contributed by atoms with Crippen LogP contribution >= 0.6 is 0 Å². The van der Waals surface area contributed by atoms with Crippen molar-refractivity contribution in [2.45, 2.75) is 52.2 Å². The molecule has 1 N–H and O–H groups in total. The Labute approximate surface area is 85.5 Å². The molecule has 0 bridgehead atoms. The second-order valence-electron chi connectivity index (χ2n) is 4.62. The maximum absolute atomic E-state index is 11.1. The monoisotopic (exact) mass is 198 g/mol. The summed E-state index contributed by atoms with van der Waals surface area (Å²) in [6.07, 6.45) is 0.0151. The molecule has 0 rings (SSSR count). The lowest BCUT2D eigenvalue weighted by Crippen LogP contribution is -2.23. The number of carbonyl (C=O) groups is 1. The number of esters is 1. The molecular weight excluding hydrogens is 180 g/mol. The lowest BCUT2D eigenvalue weighted by molar-refractivity contribution is -0.153. The molecule has 0 saturated carbocycles. The van der Waals surface area contributed by atoms with Crippen molar-refractivity contribution in [1.29, 1.82) is 0 Å². The SMILES string of the molecule is CC(C)(O)C#CCC(=O)OC(C)(C)C. The van der Waals surface area contributed by atoms with Crippen molar-refractivity contribution in [1.82, 2.24) is 0 Å². The van der Waals surface area contributed by atoms with Crippen LogP contribution in [0.3, 0.4) is 0 Å². The summed E-state index contributed by atoms with van der Waals surface area (Å²) in [7, 11) is 0. The van der Waals surface area contributed by atoms with Gasteiger partial charge in [0.25, 0.3) is 0 Å². The Morgan fingerprint density at radius 3 is 2.14 bits per heavy atom. The van der Waals surface area contributed by atoms with Gasteiger partial charge < -0.3 is 9.84 Å². The van der Waals surface area contributed by atoms with Crippen LogP contribution < -0.4 is 0 Å².